The quantitative estimate of drug-likeness (QED) is 0.806. The first-order valence-electron chi connectivity index (χ1n) is 6.01. The molecule has 0 bridgehead atoms. The van der Waals surface area contributed by atoms with Crippen LogP contribution in [0.1, 0.15) is 21.9 Å². The number of aliphatic hydroxyl groups excluding tert-OH is 1. The van der Waals surface area contributed by atoms with E-state index >= 15 is 0 Å². The molecule has 5 heteroatoms. The Labute approximate surface area is 116 Å². The number of aryl methyl sites for hydroxylation is 1. The van der Waals surface area contributed by atoms with Crippen LogP contribution in [0.4, 0.5) is 5.82 Å². The van der Waals surface area contributed by atoms with E-state index in [0.717, 1.165) is 5.69 Å². The van der Waals surface area contributed by atoms with Crippen LogP contribution in [0.25, 0.3) is 0 Å². The van der Waals surface area contributed by atoms with Gasteiger partial charge in [0.15, 0.2) is 0 Å². The molecule has 20 heavy (non-hydrogen) atoms. The second kappa shape index (κ2) is 6.45. The third-order valence-electron chi connectivity index (χ3n) is 2.41. The SMILES string of the molecule is Cc1cccc(C(=O)Nc2cccc(C#CCO)n2)n1. The molecular weight excluding hydrogens is 254 g/mol. The Morgan fingerprint density at radius 3 is 2.80 bits per heavy atom. The molecule has 0 unspecified atom stereocenters. The van der Waals surface area contributed by atoms with Crippen LogP contribution in [0, 0.1) is 18.8 Å². The number of hydrogen-bond acceptors (Lipinski definition) is 4. The van der Waals surface area contributed by atoms with Crippen molar-refractivity contribution in [3.8, 4) is 11.8 Å². The molecule has 2 heterocycles. The van der Waals surface area contributed by atoms with Crippen molar-refractivity contribution in [3.05, 3.63) is 53.5 Å². The molecule has 0 radical (unpaired) electrons. The second-order valence-corrected chi connectivity index (χ2v) is 3.99. The zero-order valence-electron chi connectivity index (χ0n) is 10.9. The van der Waals surface area contributed by atoms with Crippen molar-refractivity contribution in [2.75, 3.05) is 11.9 Å². The van der Waals surface area contributed by atoms with Crippen molar-refractivity contribution in [2.24, 2.45) is 0 Å². The van der Waals surface area contributed by atoms with E-state index in [0.29, 0.717) is 17.2 Å². The normalized spacial score (nSPS) is 9.50. The van der Waals surface area contributed by atoms with Gasteiger partial charge in [0, 0.05) is 5.69 Å². The predicted octanol–water partition coefficient (Wildman–Crippen LogP) is 1.38. The van der Waals surface area contributed by atoms with Gasteiger partial charge in [-0.05, 0) is 37.1 Å². The summed E-state index contributed by atoms with van der Waals surface area (Å²) in [7, 11) is 0. The molecule has 2 rings (SSSR count). The molecule has 0 saturated heterocycles. The number of aliphatic hydroxyl groups is 1. The number of hydrogen-bond donors (Lipinski definition) is 2. The van der Waals surface area contributed by atoms with Crippen molar-refractivity contribution in [2.45, 2.75) is 6.92 Å². The molecule has 0 aliphatic rings. The van der Waals surface area contributed by atoms with Crippen LogP contribution >= 0.6 is 0 Å². The number of amides is 1. The fraction of sp³-hybridized carbons (Fsp3) is 0.133. The molecule has 0 aromatic carbocycles. The minimum absolute atomic E-state index is 0.231. The molecule has 0 atom stereocenters. The summed E-state index contributed by atoms with van der Waals surface area (Å²) in [5, 5.41) is 11.3. The van der Waals surface area contributed by atoms with Crippen LogP contribution in [0.15, 0.2) is 36.4 Å². The Bertz CT molecular complexity index is 687. The predicted molar refractivity (Wildman–Crippen MR) is 75.1 cm³/mol. The lowest BCUT2D eigenvalue weighted by molar-refractivity contribution is 0.102. The van der Waals surface area contributed by atoms with E-state index in [9.17, 15) is 4.79 Å². The Kier molecular flexibility index (Phi) is 4.43. The summed E-state index contributed by atoms with van der Waals surface area (Å²) in [6, 6.07) is 10.3. The van der Waals surface area contributed by atoms with E-state index < -0.39 is 0 Å². The van der Waals surface area contributed by atoms with Gasteiger partial charge in [-0.2, -0.15) is 0 Å². The highest BCUT2D eigenvalue weighted by molar-refractivity contribution is 6.02. The minimum atomic E-state index is -0.325. The average Bonchev–Trinajstić information content (AvgIpc) is 2.45. The molecule has 0 saturated carbocycles. The maximum absolute atomic E-state index is 12.0. The molecule has 1 amide bonds. The lowest BCUT2D eigenvalue weighted by atomic mass is 10.3. The van der Waals surface area contributed by atoms with E-state index in [1.807, 2.05) is 13.0 Å². The molecule has 100 valence electrons. The number of carbonyl (C=O) groups excluding carboxylic acids is 1. The van der Waals surface area contributed by atoms with Crippen molar-refractivity contribution in [3.63, 3.8) is 0 Å². The molecule has 0 aliphatic heterocycles. The van der Waals surface area contributed by atoms with E-state index in [-0.39, 0.29) is 12.5 Å². The molecule has 0 spiro atoms. The lowest BCUT2D eigenvalue weighted by Gasteiger charge is -2.04. The van der Waals surface area contributed by atoms with Gasteiger partial charge in [-0.3, -0.25) is 4.79 Å². The first-order chi connectivity index (χ1) is 9.69. The molecule has 5 nitrogen and oxygen atoms in total. The van der Waals surface area contributed by atoms with Gasteiger partial charge in [0.05, 0.1) is 0 Å². The number of nitrogens with one attached hydrogen (secondary N) is 1. The zero-order valence-corrected chi connectivity index (χ0v) is 10.9. The third-order valence-corrected chi connectivity index (χ3v) is 2.41. The fourth-order valence-electron chi connectivity index (χ4n) is 1.55. The lowest BCUT2D eigenvalue weighted by Crippen LogP contribution is -2.15. The Hall–Kier alpha value is -2.71. The number of pyridine rings is 2. The van der Waals surface area contributed by atoms with Crippen LogP contribution in [-0.2, 0) is 0 Å². The largest absolute Gasteiger partial charge is 0.384 e. The van der Waals surface area contributed by atoms with E-state index in [1.165, 1.54) is 0 Å². The number of rotatable bonds is 2. The van der Waals surface area contributed by atoms with Gasteiger partial charge in [0.1, 0.15) is 23.8 Å². The highest BCUT2D eigenvalue weighted by Crippen LogP contribution is 2.07. The first kappa shape index (κ1) is 13.7. The highest BCUT2D eigenvalue weighted by Gasteiger charge is 2.08. The molecule has 0 aliphatic carbocycles. The standard InChI is InChI=1S/C15H13N3O2/c1-11-5-2-8-13(16-11)15(20)18-14-9-3-6-12(17-14)7-4-10-19/h2-3,5-6,8-9,19H,10H2,1H3,(H,17,18,20). The average molecular weight is 267 g/mol. The van der Waals surface area contributed by atoms with E-state index in [2.05, 4.69) is 27.1 Å². The molecule has 2 aromatic rings. The van der Waals surface area contributed by atoms with Crippen molar-refractivity contribution >= 4 is 11.7 Å². The Morgan fingerprint density at radius 2 is 2.05 bits per heavy atom. The summed E-state index contributed by atoms with van der Waals surface area (Å²) >= 11 is 0. The van der Waals surface area contributed by atoms with Gasteiger partial charge >= 0.3 is 0 Å². The highest BCUT2D eigenvalue weighted by atomic mass is 16.2. The number of aromatic nitrogens is 2. The van der Waals surface area contributed by atoms with Gasteiger partial charge in [0.2, 0.25) is 0 Å². The van der Waals surface area contributed by atoms with Crippen molar-refractivity contribution in [1.82, 2.24) is 9.97 Å². The van der Waals surface area contributed by atoms with Crippen LogP contribution in [0.2, 0.25) is 0 Å². The molecule has 2 N–H and O–H groups in total. The zero-order chi connectivity index (χ0) is 14.4. The number of carbonyl (C=O) groups is 1. The summed E-state index contributed by atoms with van der Waals surface area (Å²) in [6.45, 7) is 1.59. The monoisotopic (exact) mass is 267 g/mol. The first-order valence-corrected chi connectivity index (χ1v) is 6.01. The fourth-order valence-corrected chi connectivity index (χ4v) is 1.55. The van der Waals surface area contributed by atoms with Gasteiger partial charge < -0.3 is 10.4 Å². The Morgan fingerprint density at radius 1 is 1.25 bits per heavy atom. The molecular formula is C15H13N3O2. The van der Waals surface area contributed by atoms with E-state index in [1.54, 1.807) is 30.3 Å². The second-order valence-electron chi connectivity index (χ2n) is 3.99. The number of anilines is 1. The van der Waals surface area contributed by atoms with Gasteiger partial charge in [0.25, 0.3) is 5.91 Å². The topological polar surface area (TPSA) is 75.1 Å². The summed E-state index contributed by atoms with van der Waals surface area (Å²) in [5.41, 5.74) is 1.58. The van der Waals surface area contributed by atoms with Gasteiger partial charge in [-0.25, -0.2) is 9.97 Å². The van der Waals surface area contributed by atoms with E-state index in [4.69, 9.17) is 5.11 Å². The summed E-state index contributed by atoms with van der Waals surface area (Å²) in [5.74, 6) is 5.25. The van der Waals surface area contributed by atoms with Gasteiger partial charge in [-0.1, -0.05) is 18.1 Å². The third kappa shape index (κ3) is 3.64. The summed E-state index contributed by atoms with van der Waals surface area (Å²) in [4.78, 5) is 20.3. The summed E-state index contributed by atoms with van der Waals surface area (Å²) < 4.78 is 0. The van der Waals surface area contributed by atoms with Crippen LogP contribution in [0.3, 0.4) is 0 Å². The van der Waals surface area contributed by atoms with Crippen LogP contribution in [-0.4, -0.2) is 27.6 Å². The minimum Gasteiger partial charge on any atom is -0.384 e. The molecule has 2 aromatic heterocycles. The van der Waals surface area contributed by atoms with Crippen molar-refractivity contribution in [1.29, 1.82) is 0 Å². The molecule has 0 fully saturated rings. The van der Waals surface area contributed by atoms with Gasteiger partial charge in [-0.15, -0.1) is 0 Å². The summed E-state index contributed by atoms with van der Waals surface area (Å²) in [6.07, 6.45) is 0. The number of nitrogens with zero attached hydrogens (tertiary/aromatic N) is 2. The maximum Gasteiger partial charge on any atom is 0.275 e. The van der Waals surface area contributed by atoms with Crippen LogP contribution < -0.4 is 5.32 Å². The Balaban J connectivity index is 2.15. The van der Waals surface area contributed by atoms with Crippen molar-refractivity contribution < 1.29 is 9.90 Å². The smallest absolute Gasteiger partial charge is 0.275 e. The van der Waals surface area contributed by atoms with Crippen LogP contribution in [0.5, 0.6) is 0 Å². The maximum atomic E-state index is 12.0.